The first-order chi connectivity index (χ1) is 5.72. The van der Waals surface area contributed by atoms with Crippen LogP contribution in [0.4, 0.5) is 0 Å². The van der Waals surface area contributed by atoms with E-state index in [9.17, 15) is 0 Å². The van der Waals surface area contributed by atoms with Crippen LogP contribution in [0.15, 0.2) is 24.3 Å². The van der Waals surface area contributed by atoms with Gasteiger partial charge in [-0.2, -0.15) is 0 Å². The van der Waals surface area contributed by atoms with Crippen molar-refractivity contribution in [2.75, 3.05) is 5.88 Å². The van der Waals surface area contributed by atoms with E-state index >= 15 is 0 Å². The van der Waals surface area contributed by atoms with Gasteiger partial charge in [0.05, 0.1) is 0 Å². The Morgan fingerprint density at radius 3 is 2.67 bits per heavy atom. The lowest BCUT2D eigenvalue weighted by atomic mass is 10.1. The molecule has 0 fully saturated rings. The minimum absolute atomic E-state index is 0.533. The fourth-order valence-corrected chi connectivity index (χ4v) is 1.43. The summed E-state index contributed by atoms with van der Waals surface area (Å²) in [6.45, 7) is 2.02. The summed E-state index contributed by atoms with van der Waals surface area (Å²) in [5, 5.41) is 0.768. The average molecular weight is 201 g/mol. The molecule has 0 spiro atoms. The van der Waals surface area contributed by atoms with Crippen molar-refractivity contribution in [3.8, 4) is 0 Å². The van der Waals surface area contributed by atoms with Gasteiger partial charge in [-0.3, -0.25) is 0 Å². The van der Waals surface area contributed by atoms with E-state index in [0.717, 1.165) is 16.1 Å². The zero-order chi connectivity index (χ0) is 8.97. The number of hydrogen-bond acceptors (Lipinski definition) is 0. The smallest absolute Gasteiger partial charge is 0.0414 e. The monoisotopic (exact) mass is 200 g/mol. The molecule has 0 aliphatic rings. The molecule has 2 heteroatoms. The minimum Gasteiger partial charge on any atom is -0.122 e. The third-order valence-electron chi connectivity index (χ3n) is 1.46. The molecule has 0 aliphatic heterocycles. The lowest BCUT2D eigenvalue weighted by molar-refractivity contribution is 1.46. The van der Waals surface area contributed by atoms with Crippen LogP contribution < -0.4 is 0 Å². The van der Waals surface area contributed by atoms with Crippen molar-refractivity contribution < 1.29 is 0 Å². The molecule has 0 unspecified atom stereocenters. The molecule has 0 heterocycles. The molecular weight excluding hydrogens is 191 g/mol. The predicted molar refractivity (Wildman–Crippen MR) is 55.9 cm³/mol. The van der Waals surface area contributed by atoms with E-state index in [1.165, 1.54) is 0 Å². The zero-order valence-corrected chi connectivity index (χ0v) is 8.36. The first kappa shape index (κ1) is 9.63. The molecule has 1 aromatic carbocycles. The number of aryl methyl sites for hydroxylation is 1. The summed E-state index contributed by atoms with van der Waals surface area (Å²) in [5.41, 5.74) is 2.26. The number of allylic oxidation sites excluding steroid dienone is 1. The molecule has 64 valence electrons. The number of hydrogen-bond donors (Lipinski definition) is 0. The lowest BCUT2D eigenvalue weighted by Crippen LogP contribution is -1.76. The van der Waals surface area contributed by atoms with E-state index in [4.69, 9.17) is 23.2 Å². The van der Waals surface area contributed by atoms with Gasteiger partial charge in [0.2, 0.25) is 0 Å². The molecule has 0 amide bonds. The molecule has 1 rings (SSSR count). The van der Waals surface area contributed by atoms with E-state index in [1.54, 1.807) is 0 Å². The summed E-state index contributed by atoms with van der Waals surface area (Å²) in [6.07, 6.45) is 3.86. The number of rotatable bonds is 2. The van der Waals surface area contributed by atoms with E-state index in [1.807, 2.05) is 31.2 Å². The molecule has 12 heavy (non-hydrogen) atoms. The van der Waals surface area contributed by atoms with E-state index in [-0.39, 0.29) is 0 Å². The maximum atomic E-state index is 5.86. The Labute approximate surface area is 82.8 Å². The zero-order valence-electron chi connectivity index (χ0n) is 6.85. The minimum atomic E-state index is 0.533. The van der Waals surface area contributed by atoms with Crippen molar-refractivity contribution in [1.82, 2.24) is 0 Å². The molecule has 0 nitrogen and oxygen atoms in total. The van der Waals surface area contributed by atoms with Gasteiger partial charge >= 0.3 is 0 Å². The van der Waals surface area contributed by atoms with E-state index < -0.39 is 0 Å². The van der Waals surface area contributed by atoms with Gasteiger partial charge in [0.25, 0.3) is 0 Å². The second-order valence-electron chi connectivity index (χ2n) is 2.62. The molecule has 0 N–H and O–H groups in total. The normalized spacial score (nSPS) is 10.9. The molecule has 0 radical (unpaired) electrons. The topological polar surface area (TPSA) is 0 Å². The van der Waals surface area contributed by atoms with Crippen LogP contribution in [0.5, 0.6) is 0 Å². The van der Waals surface area contributed by atoms with Crippen LogP contribution in [0, 0.1) is 6.92 Å². The Balaban J connectivity index is 2.93. The molecule has 1 aromatic rings. The molecular formula is C10H10Cl2. The van der Waals surface area contributed by atoms with Crippen molar-refractivity contribution >= 4 is 29.3 Å². The van der Waals surface area contributed by atoms with Crippen LogP contribution in [0.25, 0.3) is 6.08 Å². The summed E-state index contributed by atoms with van der Waals surface area (Å²) in [7, 11) is 0. The largest absolute Gasteiger partial charge is 0.122 e. The first-order valence-corrected chi connectivity index (χ1v) is 4.63. The summed E-state index contributed by atoms with van der Waals surface area (Å²) >= 11 is 11.4. The SMILES string of the molecule is Cc1cc(Cl)cc(C=CCCl)c1. The van der Waals surface area contributed by atoms with Gasteiger partial charge in [0.15, 0.2) is 0 Å². The number of benzene rings is 1. The maximum Gasteiger partial charge on any atom is 0.0414 e. The summed E-state index contributed by atoms with van der Waals surface area (Å²) < 4.78 is 0. The van der Waals surface area contributed by atoms with Crippen LogP contribution in [-0.4, -0.2) is 5.88 Å². The maximum absolute atomic E-state index is 5.86. The van der Waals surface area contributed by atoms with Crippen molar-refractivity contribution in [2.24, 2.45) is 0 Å². The highest BCUT2D eigenvalue weighted by molar-refractivity contribution is 6.30. The van der Waals surface area contributed by atoms with Crippen molar-refractivity contribution in [1.29, 1.82) is 0 Å². The molecule has 0 aromatic heterocycles. The quantitative estimate of drug-likeness (QED) is 0.636. The number of alkyl halides is 1. The molecule has 0 saturated heterocycles. The Hall–Kier alpha value is -0.460. The summed E-state index contributed by atoms with van der Waals surface area (Å²) in [6, 6.07) is 5.91. The molecule has 0 saturated carbocycles. The number of halogens is 2. The van der Waals surface area contributed by atoms with E-state index in [2.05, 4.69) is 6.07 Å². The van der Waals surface area contributed by atoms with Crippen molar-refractivity contribution in [2.45, 2.75) is 6.92 Å². The van der Waals surface area contributed by atoms with Gasteiger partial charge in [-0.25, -0.2) is 0 Å². The Kier molecular flexibility index (Phi) is 3.64. The van der Waals surface area contributed by atoms with Crippen LogP contribution >= 0.6 is 23.2 Å². The highest BCUT2D eigenvalue weighted by Gasteiger charge is 1.92. The van der Waals surface area contributed by atoms with Gasteiger partial charge < -0.3 is 0 Å². The summed E-state index contributed by atoms with van der Waals surface area (Å²) in [5.74, 6) is 0.533. The van der Waals surface area contributed by atoms with Gasteiger partial charge in [0.1, 0.15) is 0 Å². The Morgan fingerprint density at radius 1 is 1.33 bits per heavy atom. The fraction of sp³-hybridized carbons (Fsp3) is 0.200. The average Bonchev–Trinajstić information content (AvgIpc) is 1.99. The Morgan fingerprint density at radius 2 is 2.08 bits per heavy atom. The van der Waals surface area contributed by atoms with Crippen LogP contribution in [0.1, 0.15) is 11.1 Å². The highest BCUT2D eigenvalue weighted by atomic mass is 35.5. The van der Waals surface area contributed by atoms with E-state index in [0.29, 0.717) is 5.88 Å². The second kappa shape index (κ2) is 4.54. The molecule has 0 aliphatic carbocycles. The second-order valence-corrected chi connectivity index (χ2v) is 3.36. The molecule has 0 bridgehead atoms. The summed E-state index contributed by atoms with van der Waals surface area (Å²) in [4.78, 5) is 0. The van der Waals surface area contributed by atoms with Gasteiger partial charge in [-0.15, -0.1) is 11.6 Å². The standard InChI is InChI=1S/C10H10Cl2/c1-8-5-9(3-2-4-11)7-10(12)6-8/h2-3,5-7H,4H2,1H3. The van der Waals surface area contributed by atoms with Crippen LogP contribution in [0.2, 0.25) is 5.02 Å². The lowest BCUT2D eigenvalue weighted by Gasteiger charge is -1.97. The first-order valence-electron chi connectivity index (χ1n) is 3.72. The van der Waals surface area contributed by atoms with Gasteiger partial charge in [-0.1, -0.05) is 29.8 Å². The van der Waals surface area contributed by atoms with Crippen molar-refractivity contribution in [3.63, 3.8) is 0 Å². The third-order valence-corrected chi connectivity index (χ3v) is 1.86. The van der Waals surface area contributed by atoms with Crippen molar-refractivity contribution in [3.05, 3.63) is 40.4 Å². The third kappa shape index (κ3) is 2.88. The fourth-order valence-electron chi connectivity index (χ4n) is 1.04. The predicted octanol–water partition coefficient (Wildman–Crippen LogP) is 3.90. The van der Waals surface area contributed by atoms with Crippen LogP contribution in [-0.2, 0) is 0 Å². The van der Waals surface area contributed by atoms with Gasteiger partial charge in [-0.05, 0) is 30.2 Å². The van der Waals surface area contributed by atoms with Gasteiger partial charge in [0, 0.05) is 10.9 Å². The highest BCUT2D eigenvalue weighted by Crippen LogP contribution is 2.15. The van der Waals surface area contributed by atoms with Crippen LogP contribution in [0.3, 0.4) is 0 Å². The Bertz CT molecular complexity index is 270. The molecule has 0 atom stereocenters.